The molecular weight excluding hydrogens is 264 g/mol. The van der Waals surface area contributed by atoms with Crippen molar-refractivity contribution in [3.63, 3.8) is 0 Å². The molecule has 2 aliphatic rings. The van der Waals surface area contributed by atoms with Crippen molar-refractivity contribution in [3.8, 4) is 0 Å². The molecule has 21 heavy (non-hydrogen) atoms. The highest BCUT2D eigenvalue weighted by atomic mass is 16.2. The average Bonchev–Trinajstić information content (AvgIpc) is 3.19. The molecule has 1 N–H and O–H groups in total. The van der Waals surface area contributed by atoms with Crippen LogP contribution in [0, 0.1) is 5.92 Å². The first-order chi connectivity index (χ1) is 10.3. The van der Waals surface area contributed by atoms with Gasteiger partial charge in [0.15, 0.2) is 0 Å². The Morgan fingerprint density at radius 3 is 3.05 bits per heavy atom. The van der Waals surface area contributed by atoms with Crippen LogP contribution in [0.3, 0.4) is 0 Å². The first-order valence-corrected chi connectivity index (χ1v) is 7.95. The summed E-state index contributed by atoms with van der Waals surface area (Å²) in [5, 5.41) is 0. The van der Waals surface area contributed by atoms with E-state index in [1.807, 2.05) is 11.1 Å². The van der Waals surface area contributed by atoms with Crippen LogP contribution in [0.2, 0.25) is 0 Å². The second-order valence-corrected chi connectivity index (χ2v) is 5.93. The van der Waals surface area contributed by atoms with Crippen molar-refractivity contribution in [3.05, 3.63) is 30.4 Å². The molecule has 1 aromatic heterocycles. The Labute approximate surface area is 126 Å². The SMILES string of the molecule is CCN1CCN(C(=O)C[C@@H]2C=CCC2)C[C@H]1c1ncc[nH]1. The van der Waals surface area contributed by atoms with E-state index in [0.29, 0.717) is 18.2 Å². The van der Waals surface area contributed by atoms with Crippen molar-refractivity contribution in [1.82, 2.24) is 19.8 Å². The quantitative estimate of drug-likeness (QED) is 0.862. The summed E-state index contributed by atoms with van der Waals surface area (Å²) in [7, 11) is 0. The first-order valence-electron chi connectivity index (χ1n) is 7.95. The van der Waals surface area contributed by atoms with Gasteiger partial charge in [-0.15, -0.1) is 0 Å². The Kier molecular flexibility index (Phi) is 4.39. The molecule has 114 valence electrons. The number of rotatable bonds is 4. The Bertz CT molecular complexity index is 496. The smallest absolute Gasteiger partial charge is 0.223 e. The van der Waals surface area contributed by atoms with Gasteiger partial charge in [-0.1, -0.05) is 19.1 Å². The van der Waals surface area contributed by atoms with E-state index in [4.69, 9.17) is 0 Å². The molecule has 1 aromatic rings. The van der Waals surface area contributed by atoms with Crippen molar-refractivity contribution < 1.29 is 4.79 Å². The predicted molar refractivity (Wildman–Crippen MR) is 81.6 cm³/mol. The van der Waals surface area contributed by atoms with Gasteiger partial charge in [0.2, 0.25) is 5.91 Å². The molecule has 3 rings (SSSR count). The fraction of sp³-hybridized carbons (Fsp3) is 0.625. The summed E-state index contributed by atoms with van der Waals surface area (Å²) in [6.45, 7) is 5.65. The molecule has 0 aromatic carbocycles. The van der Waals surface area contributed by atoms with E-state index in [1.54, 1.807) is 6.20 Å². The van der Waals surface area contributed by atoms with Gasteiger partial charge in [-0.25, -0.2) is 4.98 Å². The molecule has 1 amide bonds. The third-order valence-corrected chi connectivity index (χ3v) is 4.63. The van der Waals surface area contributed by atoms with Crippen LogP contribution in [0.5, 0.6) is 0 Å². The number of hydrogen-bond acceptors (Lipinski definition) is 3. The maximum Gasteiger partial charge on any atom is 0.223 e. The van der Waals surface area contributed by atoms with Gasteiger partial charge in [0.05, 0.1) is 6.04 Å². The number of piperazine rings is 1. The maximum atomic E-state index is 12.5. The maximum absolute atomic E-state index is 12.5. The van der Waals surface area contributed by atoms with Crippen molar-refractivity contribution in [2.45, 2.75) is 32.2 Å². The van der Waals surface area contributed by atoms with Gasteiger partial charge in [-0.3, -0.25) is 9.69 Å². The van der Waals surface area contributed by atoms with Gasteiger partial charge in [-0.2, -0.15) is 0 Å². The molecule has 0 unspecified atom stereocenters. The molecule has 2 atom stereocenters. The summed E-state index contributed by atoms with van der Waals surface area (Å²) >= 11 is 0. The van der Waals surface area contributed by atoms with Gasteiger partial charge >= 0.3 is 0 Å². The van der Waals surface area contributed by atoms with E-state index < -0.39 is 0 Å². The van der Waals surface area contributed by atoms with Gasteiger partial charge in [0, 0.05) is 38.4 Å². The largest absolute Gasteiger partial charge is 0.347 e. The van der Waals surface area contributed by atoms with Crippen LogP contribution in [0.4, 0.5) is 0 Å². The van der Waals surface area contributed by atoms with E-state index in [2.05, 4.69) is 33.9 Å². The minimum absolute atomic E-state index is 0.196. The normalized spacial score (nSPS) is 26.4. The molecule has 5 nitrogen and oxygen atoms in total. The van der Waals surface area contributed by atoms with Crippen molar-refractivity contribution in [2.75, 3.05) is 26.2 Å². The molecule has 2 heterocycles. The third-order valence-electron chi connectivity index (χ3n) is 4.63. The molecule has 0 radical (unpaired) electrons. The molecule has 1 fully saturated rings. The van der Waals surface area contributed by atoms with Crippen LogP contribution in [-0.4, -0.2) is 51.9 Å². The second-order valence-electron chi connectivity index (χ2n) is 5.93. The lowest BCUT2D eigenvalue weighted by Crippen LogP contribution is -2.50. The summed E-state index contributed by atoms with van der Waals surface area (Å²) in [4.78, 5) is 24.5. The number of amides is 1. The lowest BCUT2D eigenvalue weighted by atomic mass is 10.0. The number of allylic oxidation sites excluding steroid dienone is 2. The minimum atomic E-state index is 0.196. The van der Waals surface area contributed by atoms with E-state index in [1.165, 1.54) is 0 Å². The monoisotopic (exact) mass is 288 g/mol. The van der Waals surface area contributed by atoms with Crippen LogP contribution in [0.1, 0.15) is 38.1 Å². The number of nitrogens with zero attached hydrogens (tertiary/aromatic N) is 3. The molecular formula is C16H24N4O. The van der Waals surface area contributed by atoms with E-state index in [0.717, 1.165) is 44.8 Å². The summed E-state index contributed by atoms with van der Waals surface area (Å²) in [5.41, 5.74) is 0. The van der Waals surface area contributed by atoms with Gasteiger partial charge in [0.1, 0.15) is 5.82 Å². The zero-order valence-corrected chi connectivity index (χ0v) is 12.7. The number of aromatic amines is 1. The summed E-state index contributed by atoms with van der Waals surface area (Å²) in [6, 6.07) is 0.196. The fourth-order valence-corrected chi connectivity index (χ4v) is 3.36. The number of aromatic nitrogens is 2. The highest BCUT2D eigenvalue weighted by Gasteiger charge is 2.31. The molecule has 1 aliphatic carbocycles. The average molecular weight is 288 g/mol. The Morgan fingerprint density at radius 2 is 2.38 bits per heavy atom. The first kappa shape index (κ1) is 14.3. The van der Waals surface area contributed by atoms with Crippen molar-refractivity contribution >= 4 is 5.91 Å². The zero-order valence-electron chi connectivity index (χ0n) is 12.7. The summed E-state index contributed by atoms with van der Waals surface area (Å²) < 4.78 is 0. The highest BCUT2D eigenvalue weighted by molar-refractivity contribution is 5.77. The van der Waals surface area contributed by atoms with Crippen LogP contribution >= 0.6 is 0 Å². The zero-order chi connectivity index (χ0) is 14.7. The number of carbonyl (C=O) groups is 1. The minimum Gasteiger partial charge on any atom is -0.347 e. The number of carbonyl (C=O) groups excluding carboxylic acids is 1. The lowest BCUT2D eigenvalue weighted by Gasteiger charge is -2.40. The Hall–Kier alpha value is -1.62. The van der Waals surface area contributed by atoms with Crippen LogP contribution in [0.15, 0.2) is 24.5 Å². The second kappa shape index (κ2) is 6.43. The van der Waals surface area contributed by atoms with E-state index in [-0.39, 0.29) is 6.04 Å². The predicted octanol–water partition coefficient (Wildman–Crippen LogP) is 1.97. The number of likely N-dealkylation sites (N-methyl/N-ethyl adjacent to an activating group) is 1. The van der Waals surface area contributed by atoms with Gasteiger partial charge in [0.25, 0.3) is 0 Å². The van der Waals surface area contributed by atoms with Gasteiger partial charge < -0.3 is 9.88 Å². The molecule has 1 aliphatic heterocycles. The third kappa shape index (κ3) is 3.18. The standard InChI is InChI=1S/C16H24N4O/c1-2-19-9-10-20(12-14(19)16-17-7-8-18-16)15(21)11-13-5-3-4-6-13/h3,5,7-8,13-14H,2,4,6,9-12H2,1H3,(H,17,18)/t13-,14+/m1/s1. The van der Waals surface area contributed by atoms with Crippen molar-refractivity contribution in [1.29, 1.82) is 0 Å². The number of nitrogens with one attached hydrogen (secondary N) is 1. The van der Waals surface area contributed by atoms with E-state index >= 15 is 0 Å². The number of imidazole rings is 1. The van der Waals surface area contributed by atoms with Crippen LogP contribution < -0.4 is 0 Å². The summed E-state index contributed by atoms with van der Waals surface area (Å²) in [6.07, 6.45) is 10.9. The number of H-pyrrole nitrogens is 1. The van der Waals surface area contributed by atoms with Crippen LogP contribution in [-0.2, 0) is 4.79 Å². The molecule has 0 bridgehead atoms. The molecule has 0 saturated carbocycles. The van der Waals surface area contributed by atoms with Gasteiger partial charge in [-0.05, 0) is 25.3 Å². The Balaban J connectivity index is 1.64. The molecule has 5 heteroatoms. The molecule has 1 saturated heterocycles. The fourth-order valence-electron chi connectivity index (χ4n) is 3.36. The Morgan fingerprint density at radius 1 is 1.48 bits per heavy atom. The summed E-state index contributed by atoms with van der Waals surface area (Å²) in [5.74, 6) is 1.71. The lowest BCUT2D eigenvalue weighted by molar-refractivity contribution is -0.135. The van der Waals surface area contributed by atoms with E-state index in [9.17, 15) is 4.79 Å². The topological polar surface area (TPSA) is 52.2 Å². The van der Waals surface area contributed by atoms with Crippen molar-refractivity contribution in [2.24, 2.45) is 5.92 Å². The molecule has 0 spiro atoms. The number of hydrogen-bond donors (Lipinski definition) is 1. The van der Waals surface area contributed by atoms with Crippen LogP contribution in [0.25, 0.3) is 0 Å². The highest BCUT2D eigenvalue weighted by Crippen LogP contribution is 2.25.